The molecular weight excluding hydrogens is 376 g/mol. The second-order valence-corrected chi connectivity index (χ2v) is 8.96. The van der Waals surface area contributed by atoms with Crippen LogP contribution in [0.15, 0.2) is 42.5 Å². The molecule has 1 aliphatic heterocycles. The highest BCUT2D eigenvalue weighted by molar-refractivity contribution is 7.92. The van der Waals surface area contributed by atoms with E-state index < -0.39 is 10.0 Å². The number of hydrogen-bond acceptors (Lipinski definition) is 4. The summed E-state index contributed by atoms with van der Waals surface area (Å²) in [7, 11) is -1.72. The van der Waals surface area contributed by atoms with Gasteiger partial charge in [-0.15, -0.1) is 0 Å². The molecule has 3 rings (SSSR count). The van der Waals surface area contributed by atoms with Crippen molar-refractivity contribution in [2.24, 2.45) is 0 Å². The molecule has 0 unspecified atom stereocenters. The maximum atomic E-state index is 12.9. The van der Waals surface area contributed by atoms with Gasteiger partial charge in [0.25, 0.3) is 5.91 Å². The van der Waals surface area contributed by atoms with E-state index in [1.807, 2.05) is 23.1 Å². The molecule has 7 heteroatoms. The minimum Gasteiger partial charge on any atom is -0.496 e. The number of nitrogens with one attached hydrogen (secondary N) is 1. The van der Waals surface area contributed by atoms with Gasteiger partial charge in [0.05, 0.1) is 19.1 Å². The van der Waals surface area contributed by atoms with E-state index in [9.17, 15) is 13.2 Å². The van der Waals surface area contributed by atoms with Gasteiger partial charge in [-0.3, -0.25) is 9.52 Å². The molecule has 1 heterocycles. The molecule has 0 spiro atoms. The van der Waals surface area contributed by atoms with E-state index in [4.69, 9.17) is 4.74 Å². The van der Waals surface area contributed by atoms with Gasteiger partial charge in [-0.25, -0.2) is 8.42 Å². The standard InChI is InChI=1S/C21H26N2O4S/c1-15-8-9-17(14-19(15)22-28(3,25)26)21(24)23-12-10-16(11-13-23)18-6-4-5-7-20(18)27-2/h4-9,14,16,22H,10-13H2,1-3H3. The van der Waals surface area contributed by atoms with Crippen molar-refractivity contribution < 1.29 is 17.9 Å². The number of aryl methyl sites for hydroxylation is 1. The fourth-order valence-corrected chi connectivity index (χ4v) is 4.26. The smallest absolute Gasteiger partial charge is 0.253 e. The predicted octanol–water partition coefficient (Wildman–Crippen LogP) is 3.39. The van der Waals surface area contributed by atoms with E-state index in [0.717, 1.165) is 30.4 Å². The largest absolute Gasteiger partial charge is 0.496 e. The molecule has 0 aromatic heterocycles. The zero-order valence-electron chi connectivity index (χ0n) is 16.4. The summed E-state index contributed by atoms with van der Waals surface area (Å²) in [5.41, 5.74) is 2.90. The van der Waals surface area contributed by atoms with Crippen LogP contribution >= 0.6 is 0 Å². The van der Waals surface area contributed by atoms with Crippen LogP contribution in [0, 0.1) is 6.92 Å². The number of methoxy groups -OCH3 is 1. The Labute approximate surface area is 166 Å². The zero-order valence-corrected chi connectivity index (χ0v) is 17.3. The van der Waals surface area contributed by atoms with Gasteiger partial charge in [0.15, 0.2) is 0 Å². The van der Waals surface area contributed by atoms with Gasteiger partial charge >= 0.3 is 0 Å². The van der Waals surface area contributed by atoms with Crippen LogP contribution in [0.5, 0.6) is 5.75 Å². The Morgan fingerprint density at radius 3 is 2.46 bits per heavy atom. The molecule has 28 heavy (non-hydrogen) atoms. The first kappa shape index (κ1) is 20.2. The number of ether oxygens (including phenoxy) is 1. The first-order chi connectivity index (χ1) is 13.3. The number of sulfonamides is 1. The van der Waals surface area contributed by atoms with Crippen molar-refractivity contribution in [2.45, 2.75) is 25.7 Å². The van der Waals surface area contributed by atoms with Crippen LogP contribution < -0.4 is 9.46 Å². The van der Waals surface area contributed by atoms with Gasteiger partial charge in [0.2, 0.25) is 10.0 Å². The molecule has 6 nitrogen and oxygen atoms in total. The van der Waals surface area contributed by atoms with Crippen LogP contribution in [0.4, 0.5) is 5.69 Å². The summed E-state index contributed by atoms with van der Waals surface area (Å²) in [5, 5.41) is 0. The molecule has 2 aromatic carbocycles. The average molecular weight is 403 g/mol. The number of rotatable bonds is 5. The van der Waals surface area contributed by atoms with Gasteiger partial charge < -0.3 is 9.64 Å². The monoisotopic (exact) mass is 402 g/mol. The molecular formula is C21H26N2O4S. The second kappa shape index (κ2) is 8.22. The lowest BCUT2D eigenvalue weighted by atomic mass is 9.88. The predicted molar refractivity (Wildman–Crippen MR) is 111 cm³/mol. The van der Waals surface area contributed by atoms with Crippen LogP contribution in [-0.2, 0) is 10.0 Å². The lowest BCUT2D eigenvalue weighted by Gasteiger charge is -2.33. The summed E-state index contributed by atoms with van der Waals surface area (Å²) < 4.78 is 31.0. The van der Waals surface area contributed by atoms with Crippen LogP contribution in [0.1, 0.15) is 40.2 Å². The highest BCUT2D eigenvalue weighted by atomic mass is 32.2. The van der Waals surface area contributed by atoms with E-state index in [1.54, 1.807) is 32.2 Å². The molecule has 1 saturated heterocycles. The van der Waals surface area contributed by atoms with E-state index in [2.05, 4.69) is 10.8 Å². The summed E-state index contributed by atoms with van der Waals surface area (Å²) in [6, 6.07) is 13.2. The number of carbonyl (C=O) groups is 1. The highest BCUT2D eigenvalue weighted by Crippen LogP contribution is 2.34. The Balaban J connectivity index is 1.71. The normalized spacial score (nSPS) is 15.3. The number of likely N-dealkylation sites (tertiary alicyclic amines) is 1. The Kier molecular flexibility index (Phi) is 5.93. The summed E-state index contributed by atoms with van der Waals surface area (Å²) in [6.07, 6.45) is 2.84. The van der Waals surface area contributed by atoms with E-state index >= 15 is 0 Å². The summed E-state index contributed by atoms with van der Waals surface area (Å²) in [4.78, 5) is 14.8. The van der Waals surface area contributed by atoms with Crippen molar-refractivity contribution in [2.75, 3.05) is 31.2 Å². The minimum absolute atomic E-state index is 0.0740. The molecule has 0 radical (unpaired) electrons. The Hall–Kier alpha value is -2.54. The topological polar surface area (TPSA) is 75.7 Å². The third-order valence-electron chi connectivity index (χ3n) is 5.14. The number of amides is 1. The van der Waals surface area contributed by atoms with E-state index in [1.165, 1.54) is 5.56 Å². The number of piperidine rings is 1. The molecule has 0 bridgehead atoms. The van der Waals surface area contributed by atoms with Crippen LogP contribution in [0.3, 0.4) is 0 Å². The lowest BCUT2D eigenvalue weighted by molar-refractivity contribution is 0.0712. The lowest BCUT2D eigenvalue weighted by Crippen LogP contribution is -2.38. The van der Waals surface area contributed by atoms with Crippen LogP contribution in [-0.4, -0.2) is 45.7 Å². The molecule has 1 N–H and O–H groups in total. The number of nitrogens with zero attached hydrogens (tertiary/aromatic N) is 1. The van der Waals surface area contributed by atoms with Crippen molar-refractivity contribution >= 4 is 21.6 Å². The van der Waals surface area contributed by atoms with E-state index in [0.29, 0.717) is 30.3 Å². The minimum atomic E-state index is -3.40. The van der Waals surface area contributed by atoms with Crippen molar-refractivity contribution in [1.29, 1.82) is 0 Å². The molecule has 1 aliphatic rings. The van der Waals surface area contributed by atoms with Crippen LogP contribution in [0.2, 0.25) is 0 Å². The molecule has 2 aromatic rings. The van der Waals surface area contributed by atoms with Gasteiger partial charge in [-0.2, -0.15) is 0 Å². The molecule has 0 atom stereocenters. The number of carbonyl (C=O) groups excluding carboxylic acids is 1. The molecule has 1 fully saturated rings. The van der Waals surface area contributed by atoms with Crippen molar-refractivity contribution in [3.63, 3.8) is 0 Å². The third-order valence-corrected chi connectivity index (χ3v) is 5.73. The van der Waals surface area contributed by atoms with Gasteiger partial charge in [-0.05, 0) is 55.0 Å². The zero-order chi connectivity index (χ0) is 20.3. The van der Waals surface area contributed by atoms with Gasteiger partial charge in [0.1, 0.15) is 5.75 Å². The van der Waals surface area contributed by atoms with E-state index in [-0.39, 0.29) is 5.91 Å². The van der Waals surface area contributed by atoms with Crippen molar-refractivity contribution in [3.8, 4) is 5.75 Å². The highest BCUT2D eigenvalue weighted by Gasteiger charge is 2.26. The number of hydrogen-bond donors (Lipinski definition) is 1. The summed E-state index contributed by atoms with van der Waals surface area (Å²) in [6.45, 7) is 3.12. The molecule has 0 saturated carbocycles. The SMILES string of the molecule is COc1ccccc1C1CCN(C(=O)c2ccc(C)c(NS(C)(=O)=O)c2)CC1. The number of anilines is 1. The third kappa shape index (κ3) is 4.65. The van der Waals surface area contributed by atoms with Gasteiger partial charge in [0, 0.05) is 18.7 Å². The summed E-state index contributed by atoms with van der Waals surface area (Å²) >= 11 is 0. The molecule has 1 amide bonds. The van der Waals surface area contributed by atoms with Crippen LogP contribution in [0.25, 0.3) is 0 Å². The maximum absolute atomic E-state index is 12.9. The Morgan fingerprint density at radius 2 is 1.82 bits per heavy atom. The number of para-hydroxylation sites is 1. The number of benzene rings is 2. The fourth-order valence-electron chi connectivity index (χ4n) is 3.64. The Morgan fingerprint density at radius 1 is 1.14 bits per heavy atom. The molecule has 150 valence electrons. The van der Waals surface area contributed by atoms with Gasteiger partial charge in [-0.1, -0.05) is 24.3 Å². The second-order valence-electron chi connectivity index (χ2n) is 7.21. The Bertz CT molecular complexity index is 964. The maximum Gasteiger partial charge on any atom is 0.253 e. The fraction of sp³-hybridized carbons (Fsp3) is 0.381. The average Bonchev–Trinajstić information content (AvgIpc) is 2.68. The first-order valence-corrected chi connectivity index (χ1v) is 11.2. The molecule has 0 aliphatic carbocycles. The quantitative estimate of drug-likeness (QED) is 0.832. The van der Waals surface area contributed by atoms with Crippen molar-refractivity contribution in [1.82, 2.24) is 4.90 Å². The summed E-state index contributed by atoms with van der Waals surface area (Å²) in [5.74, 6) is 1.18. The first-order valence-electron chi connectivity index (χ1n) is 9.29. The van der Waals surface area contributed by atoms with Crippen molar-refractivity contribution in [3.05, 3.63) is 59.2 Å².